The topological polar surface area (TPSA) is 96.9 Å². The summed E-state index contributed by atoms with van der Waals surface area (Å²) in [6.07, 6.45) is 4.13. The van der Waals surface area contributed by atoms with Gasteiger partial charge in [-0.15, -0.1) is 0 Å². The van der Waals surface area contributed by atoms with E-state index < -0.39 is 0 Å². The average Bonchev–Trinajstić information content (AvgIpc) is 2.48. The van der Waals surface area contributed by atoms with Crippen molar-refractivity contribution in [1.29, 1.82) is 0 Å². The minimum absolute atomic E-state index is 0.0463. The van der Waals surface area contributed by atoms with Crippen LogP contribution in [0.2, 0.25) is 0 Å². The van der Waals surface area contributed by atoms with Crippen LogP contribution < -0.4 is 15.8 Å². The van der Waals surface area contributed by atoms with Crippen molar-refractivity contribution in [2.75, 3.05) is 6.61 Å². The fourth-order valence-electron chi connectivity index (χ4n) is 2.50. The molecule has 21 heavy (non-hydrogen) atoms. The molecule has 1 saturated carbocycles. The predicted molar refractivity (Wildman–Crippen MR) is 79.5 cm³/mol. The first-order chi connectivity index (χ1) is 10.1. The number of hydrogen-bond donors (Lipinski definition) is 3. The Hall–Kier alpha value is -2.24. The Balaban J connectivity index is 1.95. The second kappa shape index (κ2) is 6.47. The Kier molecular flexibility index (Phi) is 4.67. The molecule has 6 heteroatoms. The number of nitrogens with zero attached hydrogens (tertiary/aromatic N) is 1. The zero-order valence-corrected chi connectivity index (χ0v) is 12.1. The van der Waals surface area contributed by atoms with Gasteiger partial charge < -0.3 is 21.0 Å². The maximum atomic E-state index is 12.0. The van der Waals surface area contributed by atoms with Gasteiger partial charge in [0.1, 0.15) is 5.75 Å². The van der Waals surface area contributed by atoms with E-state index in [2.05, 4.69) is 17.4 Å². The molecule has 2 rings (SSSR count). The number of carbonyl (C=O) groups is 1. The van der Waals surface area contributed by atoms with Gasteiger partial charge in [-0.3, -0.25) is 4.79 Å². The molecule has 0 spiro atoms. The van der Waals surface area contributed by atoms with Crippen LogP contribution in [0.15, 0.2) is 29.4 Å². The smallest absolute Gasteiger partial charge is 0.258 e. The van der Waals surface area contributed by atoms with E-state index in [1.54, 1.807) is 24.3 Å². The summed E-state index contributed by atoms with van der Waals surface area (Å²) in [5.41, 5.74) is 5.98. The lowest BCUT2D eigenvalue weighted by Crippen LogP contribution is -2.54. The number of nitrogens with one attached hydrogen (secondary N) is 1. The largest absolute Gasteiger partial charge is 0.483 e. The first-order valence-corrected chi connectivity index (χ1v) is 7.11. The molecule has 0 heterocycles. The van der Waals surface area contributed by atoms with Crippen LogP contribution in [-0.4, -0.2) is 29.1 Å². The van der Waals surface area contributed by atoms with Crippen LogP contribution in [-0.2, 0) is 4.79 Å². The molecule has 0 aromatic heterocycles. The van der Waals surface area contributed by atoms with Crippen LogP contribution in [0.25, 0.3) is 0 Å². The van der Waals surface area contributed by atoms with E-state index in [0.29, 0.717) is 11.3 Å². The van der Waals surface area contributed by atoms with Crippen molar-refractivity contribution < 1.29 is 14.7 Å². The fourth-order valence-corrected chi connectivity index (χ4v) is 2.50. The Labute approximate surface area is 124 Å². The summed E-state index contributed by atoms with van der Waals surface area (Å²) < 4.78 is 5.50. The fraction of sp³-hybridized carbons (Fsp3) is 0.467. The lowest BCUT2D eigenvalue weighted by Gasteiger charge is -2.41. The second-order valence-electron chi connectivity index (χ2n) is 5.31. The number of ether oxygens (including phenoxy) is 1. The highest BCUT2D eigenvalue weighted by Crippen LogP contribution is 2.34. The van der Waals surface area contributed by atoms with Crippen LogP contribution in [0.1, 0.15) is 38.2 Å². The summed E-state index contributed by atoms with van der Waals surface area (Å²) in [6, 6.07) is 6.86. The van der Waals surface area contributed by atoms with E-state index in [-0.39, 0.29) is 23.9 Å². The van der Waals surface area contributed by atoms with E-state index in [1.807, 2.05) is 0 Å². The number of amides is 1. The van der Waals surface area contributed by atoms with E-state index in [9.17, 15) is 4.79 Å². The van der Waals surface area contributed by atoms with Gasteiger partial charge in [0.15, 0.2) is 12.4 Å². The monoisotopic (exact) mass is 291 g/mol. The van der Waals surface area contributed by atoms with Crippen LogP contribution in [0.5, 0.6) is 5.75 Å². The molecule has 0 unspecified atom stereocenters. The molecule has 0 aliphatic heterocycles. The highest BCUT2D eigenvalue weighted by Gasteiger charge is 2.36. The number of para-hydroxylation sites is 1. The molecule has 0 saturated heterocycles. The van der Waals surface area contributed by atoms with Crippen molar-refractivity contribution in [2.24, 2.45) is 10.9 Å². The summed E-state index contributed by atoms with van der Waals surface area (Å²) in [5.74, 6) is 0.225. The quantitative estimate of drug-likeness (QED) is 0.321. The molecule has 1 aliphatic rings. The van der Waals surface area contributed by atoms with Crippen LogP contribution in [0.3, 0.4) is 0 Å². The van der Waals surface area contributed by atoms with Gasteiger partial charge >= 0.3 is 0 Å². The maximum Gasteiger partial charge on any atom is 0.258 e. The SMILES string of the molecule is CCC1(NC(=O)COc2ccccc2/C(N)=N/O)CCC1. The van der Waals surface area contributed by atoms with E-state index in [0.717, 1.165) is 25.7 Å². The molecular formula is C15H21N3O3. The lowest BCUT2D eigenvalue weighted by molar-refractivity contribution is -0.126. The molecule has 1 aromatic carbocycles. The molecule has 1 fully saturated rings. The highest BCUT2D eigenvalue weighted by atomic mass is 16.5. The molecular weight excluding hydrogens is 270 g/mol. The summed E-state index contributed by atoms with van der Waals surface area (Å²) in [4.78, 5) is 12.0. The number of oxime groups is 1. The van der Waals surface area contributed by atoms with Crippen molar-refractivity contribution in [3.05, 3.63) is 29.8 Å². The summed E-state index contributed by atoms with van der Waals surface area (Å²) in [7, 11) is 0. The van der Waals surface area contributed by atoms with Gasteiger partial charge in [-0.25, -0.2) is 0 Å². The standard InChI is InChI=1S/C15H21N3O3/c1-2-15(8-5-9-15)17-13(19)10-21-12-7-4-3-6-11(12)14(16)18-20/h3-4,6-7,20H,2,5,8-10H2,1H3,(H2,16,18)(H,17,19). The Bertz CT molecular complexity index is 533. The van der Waals surface area contributed by atoms with Crippen LogP contribution >= 0.6 is 0 Å². The van der Waals surface area contributed by atoms with Gasteiger partial charge in [0.05, 0.1) is 5.56 Å². The molecule has 114 valence electrons. The number of rotatable bonds is 6. The number of hydrogen-bond acceptors (Lipinski definition) is 4. The van der Waals surface area contributed by atoms with Gasteiger partial charge in [0.25, 0.3) is 5.91 Å². The van der Waals surface area contributed by atoms with Gasteiger partial charge in [-0.2, -0.15) is 0 Å². The Morgan fingerprint density at radius 2 is 2.19 bits per heavy atom. The van der Waals surface area contributed by atoms with Gasteiger partial charge in [-0.05, 0) is 37.8 Å². The Morgan fingerprint density at radius 3 is 2.76 bits per heavy atom. The molecule has 4 N–H and O–H groups in total. The summed E-state index contributed by atoms with van der Waals surface area (Å²) in [5, 5.41) is 14.7. The van der Waals surface area contributed by atoms with Crippen LogP contribution in [0, 0.1) is 0 Å². The number of benzene rings is 1. The van der Waals surface area contributed by atoms with Gasteiger partial charge in [0, 0.05) is 5.54 Å². The summed E-state index contributed by atoms with van der Waals surface area (Å²) >= 11 is 0. The molecule has 0 atom stereocenters. The normalized spacial score (nSPS) is 16.9. The van der Waals surface area contributed by atoms with E-state index in [1.165, 1.54) is 0 Å². The number of carbonyl (C=O) groups excluding carboxylic acids is 1. The third kappa shape index (κ3) is 3.45. The number of nitrogens with two attached hydrogens (primary N) is 1. The molecule has 0 bridgehead atoms. The predicted octanol–water partition coefficient (Wildman–Crippen LogP) is 1.61. The molecule has 0 radical (unpaired) electrons. The Morgan fingerprint density at radius 1 is 1.48 bits per heavy atom. The third-order valence-corrected chi connectivity index (χ3v) is 4.02. The zero-order valence-electron chi connectivity index (χ0n) is 12.1. The first kappa shape index (κ1) is 15.2. The molecule has 1 aliphatic carbocycles. The van der Waals surface area contributed by atoms with Crippen molar-refractivity contribution >= 4 is 11.7 Å². The minimum Gasteiger partial charge on any atom is -0.483 e. The molecule has 1 amide bonds. The van der Waals surface area contributed by atoms with Gasteiger partial charge in [0.2, 0.25) is 0 Å². The number of amidine groups is 1. The second-order valence-corrected chi connectivity index (χ2v) is 5.31. The van der Waals surface area contributed by atoms with E-state index in [4.69, 9.17) is 15.7 Å². The molecule has 6 nitrogen and oxygen atoms in total. The van der Waals surface area contributed by atoms with E-state index >= 15 is 0 Å². The highest BCUT2D eigenvalue weighted by molar-refractivity contribution is 5.99. The minimum atomic E-state index is -0.147. The maximum absolute atomic E-state index is 12.0. The van der Waals surface area contributed by atoms with Gasteiger partial charge in [-0.1, -0.05) is 24.2 Å². The third-order valence-electron chi connectivity index (χ3n) is 4.02. The van der Waals surface area contributed by atoms with Crippen molar-refractivity contribution in [2.45, 2.75) is 38.1 Å². The lowest BCUT2D eigenvalue weighted by atomic mass is 9.75. The average molecular weight is 291 g/mol. The first-order valence-electron chi connectivity index (χ1n) is 7.11. The van der Waals surface area contributed by atoms with Crippen molar-refractivity contribution in [3.8, 4) is 5.75 Å². The molecule has 1 aromatic rings. The van der Waals surface area contributed by atoms with Crippen molar-refractivity contribution in [3.63, 3.8) is 0 Å². The van der Waals surface area contributed by atoms with Crippen molar-refractivity contribution in [1.82, 2.24) is 5.32 Å². The van der Waals surface area contributed by atoms with Crippen LogP contribution in [0.4, 0.5) is 0 Å². The zero-order chi connectivity index (χ0) is 15.3. The summed E-state index contributed by atoms with van der Waals surface area (Å²) in [6.45, 7) is 1.99.